The van der Waals surface area contributed by atoms with E-state index in [0.717, 1.165) is 32.7 Å². The number of nitrogens with two attached hydrogens (primary N) is 1. The predicted molar refractivity (Wildman–Crippen MR) is 66.4 cm³/mol. The Morgan fingerprint density at radius 1 is 1.31 bits per heavy atom. The van der Waals surface area contributed by atoms with Crippen LogP contribution >= 0.6 is 0 Å². The van der Waals surface area contributed by atoms with E-state index < -0.39 is 0 Å². The topological polar surface area (TPSA) is 44.5 Å². The standard InChI is InChI=1S/C13H27NO2/c1-5-16-12(13(2,3)4)11(14)10-6-8-15-9-7-10/h10-12H,5-9,14H2,1-4H3. The Labute approximate surface area is 99.7 Å². The van der Waals surface area contributed by atoms with Crippen LogP contribution in [0, 0.1) is 11.3 Å². The normalized spacial score (nSPS) is 23.1. The summed E-state index contributed by atoms with van der Waals surface area (Å²) < 4.78 is 11.2. The van der Waals surface area contributed by atoms with Crippen molar-refractivity contribution in [1.82, 2.24) is 0 Å². The maximum absolute atomic E-state index is 6.38. The van der Waals surface area contributed by atoms with E-state index in [4.69, 9.17) is 15.2 Å². The molecule has 1 aliphatic rings. The van der Waals surface area contributed by atoms with E-state index in [1.807, 2.05) is 6.92 Å². The second-order valence-electron chi connectivity index (χ2n) is 5.77. The van der Waals surface area contributed by atoms with Crippen molar-refractivity contribution < 1.29 is 9.47 Å². The largest absolute Gasteiger partial charge is 0.381 e. The quantitative estimate of drug-likeness (QED) is 0.803. The van der Waals surface area contributed by atoms with Crippen LogP contribution in [0.5, 0.6) is 0 Å². The summed E-state index contributed by atoms with van der Waals surface area (Å²) in [6.07, 6.45) is 2.28. The van der Waals surface area contributed by atoms with E-state index in [1.54, 1.807) is 0 Å². The lowest BCUT2D eigenvalue weighted by atomic mass is 9.78. The van der Waals surface area contributed by atoms with Gasteiger partial charge in [0, 0.05) is 25.9 Å². The molecule has 3 nitrogen and oxygen atoms in total. The molecule has 1 aliphatic heterocycles. The van der Waals surface area contributed by atoms with E-state index in [2.05, 4.69) is 20.8 Å². The Hall–Kier alpha value is -0.120. The molecule has 2 N–H and O–H groups in total. The fourth-order valence-electron chi connectivity index (χ4n) is 2.47. The molecule has 16 heavy (non-hydrogen) atoms. The lowest BCUT2D eigenvalue weighted by Gasteiger charge is -2.39. The van der Waals surface area contributed by atoms with Crippen LogP contribution < -0.4 is 5.73 Å². The SMILES string of the molecule is CCOC(C(N)C1CCOCC1)C(C)(C)C. The van der Waals surface area contributed by atoms with Gasteiger partial charge in [-0.15, -0.1) is 0 Å². The molecule has 0 bridgehead atoms. The summed E-state index contributed by atoms with van der Waals surface area (Å²) in [5, 5.41) is 0. The molecule has 1 rings (SSSR count). The van der Waals surface area contributed by atoms with Gasteiger partial charge in [-0.2, -0.15) is 0 Å². The number of rotatable bonds is 4. The highest BCUT2D eigenvalue weighted by atomic mass is 16.5. The summed E-state index contributed by atoms with van der Waals surface area (Å²) in [5.41, 5.74) is 6.49. The highest BCUT2D eigenvalue weighted by Crippen LogP contribution is 2.30. The molecule has 0 aliphatic carbocycles. The fourth-order valence-corrected chi connectivity index (χ4v) is 2.47. The Bertz CT molecular complexity index is 195. The minimum absolute atomic E-state index is 0.105. The van der Waals surface area contributed by atoms with Crippen molar-refractivity contribution in [3.05, 3.63) is 0 Å². The number of ether oxygens (including phenoxy) is 2. The first kappa shape index (κ1) is 13.9. The maximum atomic E-state index is 6.38. The Morgan fingerprint density at radius 3 is 2.31 bits per heavy atom. The average molecular weight is 229 g/mol. The van der Waals surface area contributed by atoms with Gasteiger partial charge in [-0.25, -0.2) is 0 Å². The van der Waals surface area contributed by atoms with Gasteiger partial charge in [0.25, 0.3) is 0 Å². The van der Waals surface area contributed by atoms with Gasteiger partial charge in [-0.3, -0.25) is 0 Å². The summed E-state index contributed by atoms with van der Waals surface area (Å²) in [6, 6.07) is 0.129. The highest BCUT2D eigenvalue weighted by molar-refractivity contribution is 4.89. The zero-order valence-corrected chi connectivity index (χ0v) is 11.2. The van der Waals surface area contributed by atoms with Crippen LogP contribution in [0.1, 0.15) is 40.5 Å². The van der Waals surface area contributed by atoms with Crippen molar-refractivity contribution in [3.63, 3.8) is 0 Å². The van der Waals surface area contributed by atoms with E-state index in [0.29, 0.717) is 5.92 Å². The van der Waals surface area contributed by atoms with Crippen molar-refractivity contribution in [2.75, 3.05) is 19.8 Å². The van der Waals surface area contributed by atoms with Crippen molar-refractivity contribution in [2.45, 2.75) is 52.7 Å². The molecular formula is C13H27NO2. The van der Waals surface area contributed by atoms with Gasteiger partial charge >= 0.3 is 0 Å². The van der Waals surface area contributed by atoms with Crippen LogP contribution in [0.15, 0.2) is 0 Å². The van der Waals surface area contributed by atoms with Gasteiger partial charge < -0.3 is 15.2 Å². The first-order chi connectivity index (χ1) is 7.46. The first-order valence-electron chi connectivity index (χ1n) is 6.41. The zero-order valence-electron chi connectivity index (χ0n) is 11.2. The average Bonchev–Trinajstić information content (AvgIpc) is 2.25. The van der Waals surface area contributed by atoms with Crippen molar-refractivity contribution in [1.29, 1.82) is 0 Å². The van der Waals surface area contributed by atoms with Crippen molar-refractivity contribution in [2.24, 2.45) is 17.1 Å². The summed E-state index contributed by atoms with van der Waals surface area (Å²) in [5.74, 6) is 0.546. The molecule has 0 aromatic heterocycles. The molecule has 1 saturated heterocycles. The van der Waals surface area contributed by atoms with Gasteiger partial charge in [-0.1, -0.05) is 20.8 Å². The maximum Gasteiger partial charge on any atom is 0.0776 e. The smallest absolute Gasteiger partial charge is 0.0776 e. The summed E-state index contributed by atoms with van der Waals surface area (Å²) in [6.45, 7) is 11.1. The van der Waals surface area contributed by atoms with Crippen LogP contribution in [-0.4, -0.2) is 32.0 Å². The second-order valence-corrected chi connectivity index (χ2v) is 5.77. The van der Waals surface area contributed by atoms with Gasteiger partial charge in [0.15, 0.2) is 0 Å². The van der Waals surface area contributed by atoms with Gasteiger partial charge in [0.1, 0.15) is 0 Å². The molecule has 1 heterocycles. The third-order valence-corrected chi connectivity index (χ3v) is 3.36. The second kappa shape index (κ2) is 5.99. The van der Waals surface area contributed by atoms with Crippen LogP contribution in [0.2, 0.25) is 0 Å². The van der Waals surface area contributed by atoms with Crippen LogP contribution in [-0.2, 0) is 9.47 Å². The summed E-state index contributed by atoms with van der Waals surface area (Å²) in [4.78, 5) is 0. The molecular weight excluding hydrogens is 202 g/mol. The molecule has 0 radical (unpaired) electrons. The molecule has 1 fully saturated rings. The highest BCUT2D eigenvalue weighted by Gasteiger charge is 2.35. The predicted octanol–water partition coefficient (Wildman–Crippen LogP) is 2.19. The third kappa shape index (κ3) is 3.72. The van der Waals surface area contributed by atoms with Crippen LogP contribution in [0.4, 0.5) is 0 Å². The first-order valence-corrected chi connectivity index (χ1v) is 6.41. The Kier molecular flexibility index (Phi) is 5.22. The molecule has 96 valence electrons. The minimum Gasteiger partial charge on any atom is -0.381 e. The van der Waals surface area contributed by atoms with Crippen LogP contribution in [0.25, 0.3) is 0 Å². The Balaban J connectivity index is 2.61. The third-order valence-electron chi connectivity index (χ3n) is 3.36. The summed E-state index contributed by atoms with van der Waals surface area (Å²) >= 11 is 0. The fraction of sp³-hybridized carbons (Fsp3) is 1.00. The molecule has 0 aromatic carbocycles. The molecule has 0 saturated carbocycles. The van der Waals surface area contributed by atoms with Crippen molar-refractivity contribution in [3.8, 4) is 0 Å². The molecule has 3 heteroatoms. The summed E-state index contributed by atoms with van der Waals surface area (Å²) in [7, 11) is 0. The zero-order chi connectivity index (χ0) is 12.2. The van der Waals surface area contributed by atoms with Gasteiger partial charge in [0.2, 0.25) is 0 Å². The lowest BCUT2D eigenvalue weighted by Crippen LogP contribution is -2.50. The molecule has 2 atom stereocenters. The van der Waals surface area contributed by atoms with Crippen molar-refractivity contribution >= 4 is 0 Å². The van der Waals surface area contributed by atoms with E-state index in [1.165, 1.54) is 0 Å². The van der Waals surface area contributed by atoms with E-state index in [9.17, 15) is 0 Å². The van der Waals surface area contributed by atoms with E-state index >= 15 is 0 Å². The molecule has 0 spiro atoms. The minimum atomic E-state index is 0.105. The van der Waals surface area contributed by atoms with E-state index in [-0.39, 0.29) is 17.6 Å². The number of hydrogen-bond acceptors (Lipinski definition) is 3. The Morgan fingerprint density at radius 2 is 1.88 bits per heavy atom. The van der Waals surface area contributed by atoms with Gasteiger partial charge in [-0.05, 0) is 31.1 Å². The van der Waals surface area contributed by atoms with Gasteiger partial charge in [0.05, 0.1) is 6.10 Å². The lowest BCUT2D eigenvalue weighted by molar-refractivity contribution is -0.0532. The van der Waals surface area contributed by atoms with Crippen LogP contribution in [0.3, 0.4) is 0 Å². The molecule has 0 amide bonds. The number of hydrogen-bond donors (Lipinski definition) is 1. The monoisotopic (exact) mass is 229 g/mol. The molecule has 0 aromatic rings. The molecule has 2 unspecified atom stereocenters.